The van der Waals surface area contributed by atoms with Crippen LogP contribution in [0.4, 0.5) is 14.5 Å². The van der Waals surface area contributed by atoms with Crippen LogP contribution in [0.1, 0.15) is 0 Å². The Kier molecular flexibility index (Phi) is 4.77. The molecule has 0 unspecified atom stereocenters. The molecular weight excluding hydrogens is 306 g/mol. The summed E-state index contributed by atoms with van der Waals surface area (Å²) in [5.41, 5.74) is -0.604. The van der Waals surface area contributed by atoms with Gasteiger partial charge in [0.05, 0.1) is 16.4 Å². The molecule has 0 saturated heterocycles. The topological polar surface area (TPSA) is 80.5 Å². The van der Waals surface area contributed by atoms with Crippen molar-refractivity contribution in [2.45, 2.75) is 11.3 Å². The summed E-state index contributed by atoms with van der Waals surface area (Å²) in [6, 6.07) is 2.79. The number of nitro groups is 1. The van der Waals surface area contributed by atoms with E-state index < -0.39 is 38.5 Å². The van der Waals surface area contributed by atoms with Gasteiger partial charge in [-0.05, 0) is 12.1 Å². The van der Waals surface area contributed by atoms with Gasteiger partial charge in [-0.3, -0.25) is 10.1 Å². The zero-order chi connectivity index (χ0) is 14.8. The number of benzene rings is 1. The molecule has 0 aliphatic rings. The van der Waals surface area contributed by atoms with Crippen LogP contribution in [-0.2, 0) is 10.0 Å². The fraction of sp³-hybridized carbons (Fsp3) is 0.333. The van der Waals surface area contributed by atoms with Crippen LogP contribution in [0.15, 0.2) is 23.1 Å². The number of hydrogen-bond donors (Lipinski definition) is 0. The maximum Gasteiger partial charge on any atom is 0.289 e. The highest BCUT2D eigenvalue weighted by atomic mass is 35.5. The molecule has 0 bridgehead atoms. The van der Waals surface area contributed by atoms with Crippen molar-refractivity contribution < 1.29 is 22.1 Å². The van der Waals surface area contributed by atoms with Gasteiger partial charge in [0, 0.05) is 13.1 Å². The van der Waals surface area contributed by atoms with Gasteiger partial charge in [0.15, 0.2) is 0 Å². The van der Waals surface area contributed by atoms with Crippen molar-refractivity contribution in [3.05, 3.63) is 33.3 Å². The highest BCUT2D eigenvalue weighted by molar-refractivity contribution is 7.89. The van der Waals surface area contributed by atoms with Crippen LogP contribution < -0.4 is 0 Å². The van der Waals surface area contributed by atoms with Crippen LogP contribution >= 0.6 is 11.6 Å². The Morgan fingerprint density at radius 1 is 1.47 bits per heavy atom. The van der Waals surface area contributed by atoms with Crippen molar-refractivity contribution in [2.75, 3.05) is 13.6 Å². The van der Waals surface area contributed by atoms with E-state index in [1.165, 1.54) is 0 Å². The van der Waals surface area contributed by atoms with Gasteiger partial charge in [0.25, 0.3) is 12.1 Å². The first kappa shape index (κ1) is 15.7. The normalized spacial score (nSPS) is 12.1. The highest BCUT2D eigenvalue weighted by Crippen LogP contribution is 2.28. The van der Waals surface area contributed by atoms with Gasteiger partial charge in [-0.1, -0.05) is 11.6 Å². The molecule has 1 aromatic rings. The Morgan fingerprint density at radius 2 is 2.05 bits per heavy atom. The molecule has 0 aliphatic carbocycles. The summed E-state index contributed by atoms with van der Waals surface area (Å²) in [6.45, 7) is -1.00. The minimum atomic E-state index is -4.22. The Balaban J connectivity index is 3.22. The molecule has 0 fully saturated rings. The molecule has 0 aliphatic heterocycles. The first-order chi connectivity index (χ1) is 8.66. The van der Waals surface area contributed by atoms with Crippen molar-refractivity contribution in [3.63, 3.8) is 0 Å². The number of hydrogen-bond acceptors (Lipinski definition) is 4. The van der Waals surface area contributed by atoms with Gasteiger partial charge in [-0.15, -0.1) is 0 Å². The van der Waals surface area contributed by atoms with Gasteiger partial charge in [0.2, 0.25) is 10.0 Å². The van der Waals surface area contributed by atoms with Crippen LogP contribution in [0.3, 0.4) is 0 Å². The quantitative estimate of drug-likeness (QED) is 0.616. The minimum absolute atomic E-state index is 0.236. The lowest BCUT2D eigenvalue weighted by Crippen LogP contribution is -2.31. The fourth-order valence-electron chi connectivity index (χ4n) is 1.27. The Labute approximate surface area is 112 Å². The molecule has 106 valence electrons. The maximum absolute atomic E-state index is 12.2. The average Bonchev–Trinajstić information content (AvgIpc) is 2.27. The van der Waals surface area contributed by atoms with E-state index in [-0.39, 0.29) is 5.02 Å². The van der Waals surface area contributed by atoms with Crippen LogP contribution in [0.5, 0.6) is 0 Å². The van der Waals surface area contributed by atoms with Gasteiger partial charge in [0.1, 0.15) is 5.02 Å². The zero-order valence-electron chi connectivity index (χ0n) is 9.59. The molecule has 0 N–H and O–H groups in total. The molecule has 0 saturated carbocycles. The van der Waals surface area contributed by atoms with E-state index in [2.05, 4.69) is 0 Å². The second-order valence-electron chi connectivity index (χ2n) is 3.55. The Morgan fingerprint density at radius 3 is 2.53 bits per heavy atom. The predicted molar refractivity (Wildman–Crippen MR) is 63.9 cm³/mol. The molecule has 0 aromatic heterocycles. The number of halogens is 3. The molecule has 0 amide bonds. The number of nitrogens with zero attached hydrogens (tertiary/aromatic N) is 2. The molecule has 0 atom stereocenters. The lowest BCUT2D eigenvalue weighted by Gasteiger charge is -2.16. The number of alkyl halides is 2. The molecule has 19 heavy (non-hydrogen) atoms. The Bertz CT molecular complexity index is 594. The third-order valence-electron chi connectivity index (χ3n) is 2.22. The lowest BCUT2D eigenvalue weighted by atomic mass is 10.3. The third-order valence-corrected chi connectivity index (χ3v) is 4.36. The van der Waals surface area contributed by atoms with E-state index in [1.54, 1.807) is 0 Å². The molecule has 10 heteroatoms. The van der Waals surface area contributed by atoms with Crippen LogP contribution in [0, 0.1) is 10.1 Å². The van der Waals surface area contributed by atoms with E-state index in [4.69, 9.17) is 11.6 Å². The van der Waals surface area contributed by atoms with Crippen molar-refractivity contribution in [3.8, 4) is 0 Å². The molecule has 1 rings (SSSR count). The molecular formula is C9H9ClF2N2O4S. The van der Waals surface area contributed by atoms with Crippen molar-refractivity contribution in [1.82, 2.24) is 4.31 Å². The van der Waals surface area contributed by atoms with Crippen molar-refractivity contribution >= 4 is 27.3 Å². The smallest absolute Gasteiger partial charge is 0.258 e. The monoisotopic (exact) mass is 314 g/mol. The Hall–Kier alpha value is -1.32. The average molecular weight is 315 g/mol. The number of nitro benzene ring substituents is 1. The van der Waals surface area contributed by atoms with Crippen molar-refractivity contribution in [1.29, 1.82) is 0 Å². The second-order valence-corrected chi connectivity index (χ2v) is 6.00. The second kappa shape index (κ2) is 5.76. The maximum atomic E-state index is 12.2. The zero-order valence-corrected chi connectivity index (χ0v) is 11.2. The van der Waals surface area contributed by atoms with Gasteiger partial charge in [-0.2, -0.15) is 4.31 Å². The van der Waals surface area contributed by atoms with Crippen molar-refractivity contribution in [2.24, 2.45) is 0 Å². The number of sulfonamides is 1. The fourth-order valence-corrected chi connectivity index (χ4v) is 2.62. The van der Waals surface area contributed by atoms with E-state index in [1.807, 2.05) is 0 Å². The van der Waals surface area contributed by atoms with E-state index >= 15 is 0 Å². The van der Waals surface area contributed by atoms with Gasteiger partial charge in [-0.25, -0.2) is 17.2 Å². The molecule has 6 nitrogen and oxygen atoms in total. The van der Waals surface area contributed by atoms with Crippen LogP contribution in [0.2, 0.25) is 5.02 Å². The van der Waals surface area contributed by atoms with E-state index in [9.17, 15) is 27.3 Å². The van der Waals surface area contributed by atoms with Gasteiger partial charge >= 0.3 is 0 Å². The van der Waals surface area contributed by atoms with E-state index in [0.29, 0.717) is 4.31 Å². The largest absolute Gasteiger partial charge is 0.289 e. The highest BCUT2D eigenvalue weighted by Gasteiger charge is 2.26. The predicted octanol–water partition coefficient (Wildman–Crippen LogP) is 2.13. The number of rotatable bonds is 5. The SMILES string of the molecule is CN(CC(F)F)S(=O)(=O)c1ccc(Cl)c([N+](=O)[O-])c1. The molecule has 1 aromatic carbocycles. The minimum Gasteiger partial charge on any atom is -0.258 e. The summed E-state index contributed by atoms with van der Waals surface area (Å²) in [5.74, 6) is 0. The summed E-state index contributed by atoms with van der Waals surface area (Å²) in [5, 5.41) is 10.4. The summed E-state index contributed by atoms with van der Waals surface area (Å²) in [6.07, 6.45) is -2.85. The lowest BCUT2D eigenvalue weighted by molar-refractivity contribution is -0.384. The summed E-state index contributed by atoms with van der Waals surface area (Å²) >= 11 is 5.54. The first-order valence-corrected chi connectivity index (χ1v) is 6.66. The standard InChI is InChI=1S/C9H9ClF2N2O4S/c1-13(5-9(11)12)19(17,18)6-2-3-7(10)8(4-6)14(15)16/h2-4,9H,5H2,1H3. The third kappa shape index (κ3) is 3.58. The summed E-state index contributed by atoms with van der Waals surface area (Å²) in [4.78, 5) is 9.32. The molecule has 0 heterocycles. The molecule has 0 radical (unpaired) electrons. The summed E-state index contributed by atoms with van der Waals surface area (Å²) in [7, 11) is -3.26. The first-order valence-electron chi connectivity index (χ1n) is 4.84. The van der Waals surface area contributed by atoms with Crippen LogP contribution in [-0.4, -0.2) is 37.7 Å². The van der Waals surface area contributed by atoms with Crippen LogP contribution in [0.25, 0.3) is 0 Å². The van der Waals surface area contributed by atoms with Gasteiger partial charge < -0.3 is 0 Å². The van der Waals surface area contributed by atoms with E-state index in [0.717, 1.165) is 25.2 Å². The summed E-state index contributed by atoms with van der Waals surface area (Å²) < 4.78 is 48.5. The molecule has 0 spiro atoms.